The second-order valence-electron chi connectivity index (χ2n) is 7.57. The number of allylic oxidation sites excluding steroid dienone is 1. The summed E-state index contributed by atoms with van der Waals surface area (Å²) in [6.07, 6.45) is 2.43. The Balaban J connectivity index is 1.66. The van der Waals surface area contributed by atoms with Crippen molar-refractivity contribution in [1.82, 2.24) is 0 Å². The molecule has 0 fully saturated rings. The number of aliphatic carboxylic acids is 1. The lowest BCUT2D eigenvalue weighted by Crippen LogP contribution is -2.40. The Kier molecular flexibility index (Phi) is 7.14. The van der Waals surface area contributed by atoms with Crippen LogP contribution in [0.2, 0.25) is 0 Å². The second kappa shape index (κ2) is 9.98. The van der Waals surface area contributed by atoms with Crippen molar-refractivity contribution in [3.05, 3.63) is 90.5 Å². The number of benzene rings is 3. The molecule has 4 heteroatoms. The van der Waals surface area contributed by atoms with Crippen molar-refractivity contribution in [1.29, 1.82) is 0 Å². The largest absolute Gasteiger partial charge is 0.490 e. The maximum absolute atomic E-state index is 11.4. The Bertz CT molecular complexity index is 1040. The summed E-state index contributed by atoms with van der Waals surface area (Å²) in [5.41, 5.74) is 3.45. The van der Waals surface area contributed by atoms with Crippen LogP contribution in [-0.4, -0.2) is 23.3 Å². The lowest BCUT2D eigenvalue weighted by molar-refractivity contribution is -0.154. The molecule has 1 N–H and O–H groups in total. The summed E-state index contributed by atoms with van der Waals surface area (Å²) in [5.74, 6) is 0.218. The van der Waals surface area contributed by atoms with Gasteiger partial charge in [-0.05, 0) is 72.9 Å². The van der Waals surface area contributed by atoms with Gasteiger partial charge in [-0.25, -0.2) is 4.79 Å². The average molecular weight is 417 g/mol. The first-order valence-electron chi connectivity index (χ1n) is 10.4. The van der Waals surface area contributed by atoms with E-state index in [0.717, 1.165) is 5.57 Å². The number of hydrogen-bond acceptors (Lipinski definition) is 3. The fraction of sp³-hybridized carbons (Fsp3) is 0.222. The van der Waals surface area contributed by atoms with Crippen LogP contribution in [0.15, 0.2) is 84.9 Å². The molecular formula is C27H28O4. The topological polar surface area (TPSA) is 55.8 Å². The maximum atomic E-state index is 11.4. The second-order valence-corrected chi connectivity index (χ2v) is 7.57. The normalized spacial score (nSPS) is 13.3. The molecule has 3 aromatic rings. The van der Waals surface area contributed by atoms with E-state index in [0.29, 0.717) is 24.5 Å². The molecule has 0 aliphatic carbocycles. The van der Waals surface area contributed by atoms with E-state index in [9.17, 15) is 9.90 Å². The van der Waals surface area contributed by atoms with Crippen LogP contribution >= 0.6 is 0 Å². The van der Waals surface area contributed by atoms with Crippen LogP contribution in [-0.2, 0) is 4.79 Å². The van der Waals surface area contributed by atoms with Crippen LogP contribution in [0.5, 0.6) is 11.5 Å². The number of carboxylic acids is 1. The van der Waals surface area contributed by atoms with Gasteiger partial charge in [0.1, 0.15) is 18.1 Å². The monoisotopic (exact) mass is 416 g/mol. The molecule has 1 atom stereocenters. The quantitative estimate of drug-likeness (QED) is 0.434. The van der Waals surface area contributed by atoms with Crippen LogP contribution in [0.1, 0.15) is 32.8 Å². The molecule has 0 saturated heterocycles. The summed E-state index contributed by atoms with van der Waals surface area (Å²) >= 11 is 0. The summed E-state index contributed by atoms with van der Waals surface area (Å²) < 4.78 is 11.5. The van der Waals surface area contributed by atoms with Gasteiger partial charge in [0.25, 0.3) is 0 Å². The van der Waals surface area contributed by atoms with Crippen LogP contribution < -0.4 is 9.47 Å². The summed E-state index contributed by atoms with van der Waals surface area (Å²) in [6.45, 7) is 5.87. The molecule has 0 aromatic heterocycles. The Labute approximate surface area is 183 Å². The number of carbonyl (C=O) groups is 1. The molecule has 31 heavy (non-hydrogen) atoms. The van der Waals surface area contributed by atoms with Gasteiger partial charge < -0.3 is 14.6 Å². The highest BCUT2D eigenvalue weighted by molar-refractivity contribution is 5.80. The van der Waals surface area contributed by atoms with Crippen LogP contribution in [0.25, 0.3) is 16.7 Å². The van der Waals surface area contributed by atoms with Gasteiger partial charge >= 0.3 is 5.97 Å². The van der Waals surface area contributed by atoms with Crippen LogP contribution in [0.3, 0.4) is 0 Å². The van der Waals surface area contributed by atoms with Gasteiger partial charge in [0.2, 0.25) is 5.60 Å². The Hall–Kier alpha value is -3.53. The average Bonchev–Trinajstić information content (AvgIpc) is 2.80. The summed E-state index contributed by atoms with van der Waals surface area (Å²) in [6, 6.07) is 25.7. The summed E-state index contributed by atoms with van der Waals surface area (Å²) in [5, 5.41) is 9.35. The molecule has 0 radical (unpaired) electrons. The van der Waals surface area contributed by atoms with Crippen LogP contribution in [0.4, 0.5) is 0 Å². The third-order valence-electron chi connectivity index (χ3n) is 5.37. The first-order valence-corrected chi connectivity index (χ1v) is 10.4. The molecule has 3 aromatic carbocycles. The van der Waals surface area contributed by atoms with E-state index in [1.165, 1.54) is 16.7 Å². The minimum absolute atomic E-state index is 0.370. The van der Waals surface area contributed by atoms with Gasteiger partial charge in [-0.1, -0.05) is 61.5 Å². The molecule has 0 saturated carbocycles. The highest BCUT2D eigenvalue weighted by Gasteiger charge is 2.33. The highest BCUT2D eigenvalue weighted by Crippen LogP contribution is 2.29. The van der Waals surface area contributed by atoms with Crippen molar-refractivity contribution >= 4 is 11.5 Å². The van der Waals surface area contributed by atoms with Gasteiger partial charge in [-0.2, -0.15) is 0 Å². The highest BCUT2D eigenvalue weighted by atomic mass is 16.5. The fourth-order valence-electron chi connectivity index (χ4n) is 3.20. The van der Waals surface area contributed by atoms with Gasteiger partial charge in [0.05, 0.1) is 0 Å². The number of ether oxygens (including phenoxy) is 2. The van der Waals surface area contributed by atoms with Gasteiger partial charge in [-0.15, -0.1) is 0 Å². The minimum Gasteiger partial charge on any atom is -0.490 e. The zero-order chi connectivity index (χ0) is 22.3. The molecule has 0 bridgehead atoms. The van der Waals surface area contributed by atoms with Crippen molar-refractivity contribution in [2.24, 2.45) is 0 Å². The van der Waals surface area contributed by atoms with Gasteiger partial charge in [-0.3, -0.25) is 0 Å². The van der Waals surface area contributed by atoms with E-state index in [2.05, 4.69) is 37.3 Å². The molecule has 0 amide bonds. The summed E-state index contributed by atoms with van der Waals surface area (Å²) in [7, 11) is 0. The zero-order valence-corrected chi connectivity index (χ0v) is 18.2. The molecule has 0 spiro atoms. The first kappa shape index (κ1) is 22.2. The number of rotatable bonds is 9. The lowest BCUT2D eigenvalue weighted by Gasteiger charge is -2.24. The van der Waals surface area contributed by atoms with Crippen molar-refractivity contribution in [3.63, 3.8) is 0 Å². The molecule has 1 unspecified atom stereocenters. The molecule has 4 nitrogen and oxygen atoms in total. The lowest BCUT2D eigenvalue weighted by atomic mass is 9.95. The Morgan fingerprint density at radius 3 is 2.19 bits per heavy atom. The number of hydrogen-bond donors (Lipinski definition) is 1. The standard InChI is InChI=1S/C27H28O4/c1-4-27(3,26(28)29)31-23-16-14-22(15-17-23)30-19-18-20(2)24-12-8-9-13-25(24)21-10-6-5-7-11-21/h5-18H,4,19H2,1-3H3,(H,28,29). The molecule has 0 heterocycles. The SMILES string of the molecule is CCC(C)(Oc1ccc(OCC=C(C)c2ccccc2-c2ccccc2)cc1)C(=O)O. The maximum Gasteiger partial charge on any atom is 0.347 e. The van der Waals surface area contributed by atoms with Crippen molar-refractivity contribution in [3.8, 4) is 22.6 Å². The first-order chi connectivity index (χ1) is 14.9. The molecular weight excluding hydrogens is 388 g/mol. The van der Waals surface area contributed by atoms with E-state index >= 15 is 0 Å². The fourth-order valence-corrected chi connectivity index (χ4v) is 3.20. The zero-order valence-electron chi connectivity index (χ0n) is 18.2. The van der Waals surface area contributed by atoms with Gasteiger partial charge in [0.15, 0.2) is 0 Å². The Morgan fingerprint density at radius 1 is 0.935 bits per heavy atom. The summed E-state index contributed by atoms with van der Waals surface area (Å²) in [4.78, 5) is 11.4. The molecule has 3 rings (SSSR count). The predicted octanol–water partition coefficient (Wildman–Crippen LogP) is 6.47. The van der Waals surface area contributed by atoms with E-state index in [4.69, 9.17) is 9.47 Å². The van der Waals surface area contributed by atoms with Gasteiger partial charge in [0, 0.05) is 0 Å². The predicted molar refractivity (Wildman–Crippen MR) is 124 cm³/mol. The van der Waals surface area contributed by atoms with Crippen LogP contribution in [0, 0.1) is 0 Å². The van der Waals surface area contributed by atoms with Crippen molar-refractivity contribution in [2.75, 3.05) is 6.61 Å². The molecule has 0 aliphatic heterocycles. The van der Waals surface area contributed by atoms with E-state index in [1.54, 1.807) is 38.1 Å². The van der Waals surface area contributed by atoms with E-state index in [-0.39, 0.29) is 0 Å². The van der Waals surface area contributed by atoms with Crippen molar-refractivity contribution < 1.29 is 19.4 Å². The van der Waals surface area contributed by atoms with Crippen molar-refractivity contribution in [2.45, 2.75) is 32.8 Å². The minimum atomic E-state index is -1.24. The third-order valence-corrected chi connectivity index (χ3v) is 5.37. The Morgan fingerprint density at radius 2 is 1.55 bits per heavy atom. The van der Waals surface area contributed by atoms with E-state index in [1.807, 2.05) is 30.3 Å². The smallest absolute Gasteiger partial charge is 0.347 e. The molecule has 0 aliphatic rings. The third kappa shape index (κ3) is 5.54. The molecule has 160 valence electrons. The van der Waals surface area contributed by atoms with E-state index < -0.39 is 11.6 Å². The number of carboxylic acid groups (broad SMARTS) is 1.